The molecule has 1 saturated carbocycles. The SMILES string of the molecule is CC(C)(C)c1cc(C[S]2=[Zr]=[S@@](Cc3cc(C(C)(C)C)cc(C(C)(C)C)c3O)C3CCCCCC[C@@H]32)c(O)c(C(C)(C)C)c1.[CH2-]c1ccccc1.[CH2-]c1ccccc1. The van der Waals surface area contributed by atoms with E-state index in [0.29, 0.717) is 25.7 Å². The van der Waals surface area contributed by atoms with Crippen LogP contribution in [0.4, 0.5) is 0 Å². The van der Waals surface area contributed by atoms with E-state index in [4.69, 9.17) is 0 Å². The van der Waals surface area contributed by atoms with Crippen LogP contribution in [-0.4, -0.2) is 20.7 Å². The summed E-state index contributed by atoms with van der Waals surface area (Å²) in [7, 11) is 0.783. The van der Waals surface area contributed by atoms with Crippen LogP contribution >= 0.6 is 14.2 Å². The van der Waals surface area contributed by atoms with E-state index in [0.717, 1.165) is 44.3 Å². The fraction of sp³-hybridized carbons (Fsp3) is 0.500. The molecule has 0 saturated heterocycles. The Morgan fingerprint density at radius 3 is 1.11 bits per heavy atom. The molecule has 2 nitrogen and oxygen atoms in total. The van der Waals surface area contributed by atoms with Crippen molar-refractivity contribution in [3.63, 3.8) is 0 Å². The maximum atomic E-state index is 11.7. The van der Waals surface area contributed by atoms with Gasteiger partial charge in [-0.05, 0) is 0 Å². The van der Waals surface area contributed by atoms with E-state index < -0.39 is 19.2 Å². The van der Waals surface area contributed by atoms with Crippen molar-refractivity contribution in [1.29, 1.82) is 0 Å². The van der Waals surface area contributed by atoms with Crippen LogP contribution in [0.25, 0.3) is 0 Å². The van der Waals surface area contributed by atoms with Crippen LogP contribution in [0.2, 0.25) is 0 Å². The monoisotopic (exact) mass is 884 g/mol. The molecule has 1 aliphatic heterocycles. The van der Waals surface area contributed by atoms with Gasteiger partial charge in [-0.15, -0.1) is 24.3 Å². The Morgan fingerprint density at radius 1 is 0.509 bits per heavy atom. The van der Waals surface area contributed by atoms with E-state index in [-0.39, 0.29) is 21.7 Å². The Labute approximate surface area is 361 Å². The molecule has 0 bridgehead atoms. The number of phenolic OH excluding ortho intramolecular Hbond substituents is 2. The standard InChI is InChI=1S/C38H60O2S2.2C7H7.Zr/c1-35(2,3)27-19-25(33(39)29(21-27)37(7,8)9)23-41-31-17-15-13-14-16-18-32(31)42-24-26-20-28(36(4,5)6)22-30(34(26)40)38(10,11)12;2*1-7-5-3-2-4-6-7;/h19-22,31-32,39-40H,13-18,23-24H2,1-12H3;2*2-6H,1H2;/q;2*-1;/t31-,32?;;;/m0.../s1. The van der Waals surface area contributed by atoms with Crippen LogP contribution in [0.15, 0.2) is 84.9 Å². The normalized spacial score (nSPS) is 19.9. The van der Waals surface area contributed by atoms with E-state index in [1.54, 1.807) is 0 Å². The van der Waals surface area contributed by atoms with E-state index in [9.17, 15) is 10.2 Å². The predicted molar refractivity (Wildman–Crippen MR) is 251 cm³/mol. The molecule has 312 valence electrons. The Balaban J connectivity index is 0.000000428. The summed E-state index contributed by atoms with van der Waals surface area (Å²) in [6.45, 7) is 34.7. The molecule has 4 aromatic carbocycles. The van der Waals surface area contributed by atoms with Gasteiger partial charge in [0, 0.05) is 0 Å². The third-order valence-electron chi connectivity index (χ3n) is 11.1. The van der Waals surface area contributed by atoms with E-state index in [2.05, 4.69) is 121 Å². The molecule has 0 radical (unpaired) electrons. The number of hydrogen-bond donors (Lipinski definition) is 2. The molecule has 1 heterocycles. The van der Waals surface area contributed by atoms with Crippen molar-refractivity contribution in [3.05, 3.63) is 143 Å². The fourth-order valence-electron chi connectivity index (χ4n) is 7.51. The zero-order valence-corrected chi connectivity index (χ0v) is 41.6. The molecular formula is C52H74O2S2Zr-2. The Morgan fingerprint density at radius 2 is 0.842 bits per heavy atom. The van der Waals surface area contributed by atoms with Crippen molar-refractivity contribution in [2.24, 2.45) is 0 Å². The number of phenols is 2. The molecule has 0 amide bonds. The summed E-state index contributed by atoms with van der Waals surface area (Å²) in [5.41, 5.74) is 9.40. The van der Waals surface area contributed by atoms with Crippen LogP contribution < -0.4 is 0 Å². The maximum absolute atomic E-state index is 11.7. The summed E-state index contributed by atoms with van der Waals surface area (Å²) in [6.07, 6.45) is 8.21. The second-order valence-corrected chi connectivity index (χ2v) is 35.9. The molecule has 0 spiro atoms. The van der Waals surface area contributed by atoms with Crippen molar-refractivity contribution in [2.75, 3.05) is 0 Å². The molecule has 4 atom stereocenters. The van der Waals surface area contributed by atoms with Gasteiger partial charge in [0.15, 0.2) is 0 Å². The van der Waals surface area contributed by atoms with Crippen LogP contribution in [0.3, 0.4) is 0 Å². The molecule has 0 aromatic heterocycles. The third-order valence-corrected chi connectivity index (χ3v) is 32.9. The van der Waals surface area contributed by atoms with Crippen LogP contribution in [0, 0.1) is 13.8 Å². The Hall–Kier alpha value is -2.20. The van der Waals surface area contributed by atoms with Gasteiger partial charge in [-0.3, -0.25) is 0 Å². The molecule has 57 heavy (non-hydrogen) atoms. The number of rotatable bonds is 4. The molecular weight excluding hydrogens is 812 g/mol. The van der Waals surface area contributed by atoms with Crippen LogP contribution in [0.5, 0.6) is 11.5 Å². The van der Waals surface area contributed by atoms with Crippen molar-refractivity contribution >= 4 is 14.2 Å². The minimum Gasteiger partial charge on any atom is -0.199 e. The van der Waals surface area contributed by atoms with Gasteiger partial charge in [-0.25, -0.2) is 0 Å². The van der Waals surface area contributed by atoms with Gasteiger partial charge in [0.1, 0.15) is 0 Å². The van der Waals surface area contributed by atoms with Gasteiger partial charge in [-0.1, -0.05) is 12.1 Å². The maximum Gasteiger partial charge on any atom is -0.0866 e. The summed E-state index contributed by atoms with van der Waals surface area (Å²) in [6, 6.07) is 29.0. The molecule has 1 aliphatic carbocycles. The fourth-order valence-corrected chi connectivity index (χ4v) is 36.4. The van der Waals surface area contributed by atoms with Gasteiger partial charge in [0.2, 0.25) is 0 Å². The first-order valence-corrected chi connectivity index (χ1v) is 30.0. The Kier molecular flexibility index (Phi) is 16.6. The van der Waals surface area contributed by atoms with Crippen molar-refractivity contribution in [1.82, 2.24) is 0 Å². The van der Waals surface area contributed by atoms with Crippen LogP contribution in [0.1, 0.15) is 166 Å². The topological polar surface area (TPSA) is 40.5 Å². The second-order valence-electron chi connectivity index (χ2n) is 20.3. The average Bonchev–Trinajstić information content (AvgIpc) is 3.39. The summed E-state index contributed by atoms with van der Waals surface area (Å²) >= 11 is -0.778. The predicted octanol–water partition coefficient (Wildman–Crippen LogP) is 15.3. The van der Waals surface area contributed by atoms with Crippen molar-refractivity contribution in [2.45, 2.75) is 165 Å². The summed E-state index contributed by atoms with van der Waals surface area (Å²) in [5, 5.41) is 25.0. The number of hydrogen-bond acceptors (Lipinski definition) is 2. The summed E-state index contributed by atoms with van der Waals surface area (Å²) in [5.74, 6) is 3.26. The molecule has 6 rings (SSSR count). The zero-order valence-electron chi connectivity index (χ0n) is 37.5. The van der Waals surface area contributed by atoms with Gasteiger partial charge in [0.05, 0.1) is 0 Å². The molecule has 2 aliphatic rings. The largest absolute Gasteiger partial charge is 0.199 e. The minimum atomic E-state index is -0.778. The first kappa shape index (κ1) is 47.5. The first-order valence-electron chi connectivity index (χ1n) is 21.1. The molecule has 5 heteroatoms. The summed E-state index contributed by atoms with van der Waals surface area (Å²) < 4.78 is 0. The van der Waals surface area contributed by atoms with Gasteiger partial charge >= 0.3 is 278 Å². The van der Waals surface area contributed by atoms with Gasteiger partial charge in [-0.2, -0.15) is 49.2 Å². The minimum absolute atomic E-state index is 0.0502. The molecule has 2 N–H and O–H groups in total. The van der Waals surface area contributed by atoms with Gasteiger partial charge in [0.25, 0.3) is 0 Å². The smallest absolute Gasteiger partial charge is 0.0866 e. The second kappa shape index (κ2) is 19.9. The zero-order chi connectivity index (χ0) is 42.3. The van der Waals surface area contributed by atoms with Crippen molar-refractivity contribution in [3.8, 4) is 11.5 Å². The van der Waals surface area contributed by atoms with E-state index in [1.807, 2.05) is 60.7 Å². The van der Waals surface area contributed by atoms with Crippen molar-refractivity contribution < 1.29 is 29.4 Å². The molecule has 4 aromatic rings. The quantitative estimate of drug-likeness (QED) is 0.201. The first-order chi connectivity index (χ1) is 26.5. The van der Waals surface area contributed by atoms with E-state index >= 15 is 0 Å². The molecule has 1 fully saturated rings. The summed E-state index contributed by atoms with van der Waals surface area (Å²) in [4.78, 5) is 0. The number of benzene rings is 4. The van der Waals surface area contributed by atoms with E-state index in [1.165, 1.54) is 60.8 Å². The Bertz CT molecular complexity index is 1860. The van der Waals surface area contributed by atoms with Gasteiger partial charge < -0.3 is 0 Å². The van der Waals surface area contributed by atoms with Crippen LogP contribution in [-0.2, 0) is 52.3 Å². The average molecular weight is 887 g/mol. The third kappa shape index (κ3) is 13.7. The number of fused-ring (bicyclic) bond motifs is 1. The molecule has 2 unspecified atom stereocenters. The number of aromatic hydroxyl groups is 2.